The molecule has 28 heavy (non-hydrogen) atoms. The predicted molar refractivity (Wildman–Crippen MR) is 109 cm³/mol. The Morgan fingerprint density at radius 1 is 1.25 bits per heavy atom. The molecule has 1 aliphatic carbocycles. The van der Waals surface area contributed by atoms with Gasteiger partial charge in [0.05, 0.1) is 11.4 Å². The second-order valence-corrected chi connectivity index (χ2v) is 7.83. The number of guanidine groups is 1. The molecule has 6 nitrogen and oxygen atoms in total. The van der Waals surface area contributed by atoms with Crippen molar-refractivity contribution in [1.29, 1.82) is 0 Å². The molecule has 2 fully saturated rings. The van der Waals surface area contributed by atoms with E-state index in [1.165, 1.54) is 31.4 Å². The van der Waals surface area contributed by atoms with Crippen molar-refractivity contribution in [2.45, 2.75) is 50.7 Å². The van der Waals surface area contributed by atoms with Crippen molar-refractivity contribution in [2.24, 2.45) is 4.99 Å². The van der Waals surface area contributed by atoms with Crippen LogP contribution in [0.5, 0.6) is 0 Å². The topological polar surface area (TPSA) is 57.5 Å². The molecule has 2 unspecified atom stereocenters. The van der Waals surface area contributed by atoms with Crippen LogP contribution in [0.3, 0.4) is 0 Å². The SMILES string of the molecule is CN=C(NCCc1ccn(-c2ccc(F)cc2)n1)NC1CC(C)N(C2CC2)C1. The van der Waals surface area contributed by atoms with Crippen LogP contribution < -0.4 is 10.6 Å². The van der Waals surface area contributed by atoms with Gasteiger partial charge in [0.1, 0.15) is 5.82 Å². The highest BCUT2D eigenvalue weighted by Gasteiger charge is 2.38. The molecule has 1 saturated carbocycles. The van der Waals surface area contributed by atoms with Crippen molar-refractivity contribution in [3.8, 4) is 5.69 Å². The summed E-state index contributed by atoms with van der Waals surface area (Å²) in [6, 6.07) is 10.3. The second-order valence-electron chi connectivity index (χ2n) is 7.83. The van der Waals surface area contributed by atoms with Crippen LogP contribution in [0.15, 0.2) is 41.5 Å². The van der Waals surface area contributed by atoms with E-state index < -0.39 is 0 Å². The molecule has 1 saturated heterocycles. The van der Waals surface area contributed by atoms with Gasteiger partial charge in [-0.05, 0) is 56.5 Å². The molecule has 2 heterocycles. The summed E-state index contributed by atoms with van der Waals surface area (Å²) in [5.41, 5.74) is 1.84. The lowest BCUT2D eigenvalue weighted by atomic mass is 10.2. The Balaban J connectivity index is 1.24. The summed E-state index contributed by atoms with van der Waals surface area (Å²) in [4.78, 5) is 7.00. The van der Waals surface area contributed by atoms with E-state index >= 15 is 0 Å². The minimum atomic E-state index is -0.240. The molecular formula is C21H29FN6. The zero-order valence-electron chi connectivity index (χ0n) is 16.6. The first-order chi connectivity index (χ1) is 13.6. The maximum atomic E-state index is 13.1. The van der Waals surface area contributed by atoms with E-state index in [9.17, 15) is 4.39 Å². The molecule has 0 bridgehead atoms. The molecule has 2 atom stereocenters. The Morgan fingerprint density at radius 2 is 2.04 bits per heavy atom. The molecule has 2 aliphatic rings. The fourth-order valence-corrected chi connectivity index (χ4v) is 4.01. The molecule has 1 aliphatic heterocycles. The van der Waals surface area contributed by atoms with Gasteiger partial charge in [-0.15, -0.1) is 0 Å². The van der Waals surface area contributed by atoms with Crippen molar-refractivity contribution in [3.05, 3.63) is 48.0 Å². The third-order valence-corrected chi connectivity index (χ3v) is 5.61. The van der Waals surface area contributed by atoms with Crippen molar-refractivity contribution < 1.29 is 4.39 Å². The summed E-state index contributed by atoms with van der Waals surface area (Å²) in [7, 11) is 1.82. The molecule has 2 N–H and O–H groups in total. The summed E-state index contributed by atoms with van der Waals surface area (Å²) >= 11 is 0. The first-order valence-corrected chi connectivity index (χ1v) is 10.2. The Kier molecular flexibility index (Phi) is 5.62. The fourth-order valence-electron chi connectivity index (χ4n) is 4.01. The Morgan fingerprint density at radius 3 is 2.75 bits per heavy atom. The molecule has 150 valence electrons. The van der Waals surface area contributed by atoms with Gasteiger partial charge in [-0.1, -0.05) is 0 Å². The minimum Gasteiger partial charge on any atom is -0.356 e. The van der Waals surface area contributed by atoms with Gasteiger partial charge in [0.2, 0.25) is 0 Å². The van der Waals surface area contributed by atoms with Crippen LogP contribution in [0, 0.1) is 5.82 Å². The zero-order valence-corrected chi connectivity index (χ0v) is 16.6. The maximum absolute atomic E-state index is 13.1. The third-order valence-electron chi connectivity index (χ3n) is 5.61. The van der Waals surface area contributed by atoms with Gasteiger partial charge in [0, 0.05) is 50.9 Å². The van der Waals surface area contributed by atoms with Gasteiger partial charge in [-0.2, -0.15) is 5.10 Å². The van der Waals surface area contributed by atoms with Crippen LogP contribution in [0.1, 0.15) is 31.9 Å². The van der Waals surface area contributed by atoms with E-state index in [0.717, 1.165) is 42.9 Å². The molecule has 1 aromatic carbocycles. The van der Waals surface area contributed by atoms with Crippen LogP contribution >= 0.6 is 0 Å². The van der Waals surface area contributed by atoms with Crippen LogP contribution in [0.4, 0.5) is 4.39 Å². The molecule has 4 rings (SSSR count). The molecule has 0 spiro atoms. The summed E-state index contributed by atoms with van der Waals surface area (Å²) in [5.74, 6) is 0.615. The number of aromatic nitrogens is 2. The van der Waals surface area contributed by atoms with Gasteiger partial charge in [-0.3, -0.25) is 9.89 Å². The standard InChI is InChI=1S/C21H29FN6/c1-15-13-18(14-27(15)19-7-8-19)25-21(23-2)24-11-9-17-10-12-28(26-17)20-5-3-16(22)4-6-20/h3-6,10,12,15,18-19H,7-9,11,13-14H2,1-2H3,(H2,23,24,25). The number of likely N-dealkylation sites (tertiary alicyclic amines) is 1. The summed E-state index contributed by atoms with van der Waals surface area (Å²) in [6.07, 6.45) is 6.58. The van der Waals surface area contributed by atoms with E-state index in [2.05, 4.69) is 32.5 Å². The average molecular weight is 385 g/mol. The van der Waals surface area contributed by atoms with Crippen LogP contribution in [-0.4, -0.2) is 58.9 Å². The molecule has 7 heteroatoms. The summed E-state index contributed by atoms with van der Waals surface area (Å²) in [5, 5.41) is 11.5. The van der Waals surface area contributed by atoms with Gasteiger partial charge < -0.3 is 10.6 Å². The van der Waals surface area contributed by atoms with Crippen molar-refractivity contribution in [3.63, 3.8) is 0 Å². The normalized spacial score (nSPS) is 23.2. The van der Waals surface area contributed by atoms with E-state index in [0.29, 0.717) is 12.1 Å². The summed E-state index contributed by atoms with van der Waals surface area (Å²) in [6.45, 7) is 4.19. The smallest absolute Gasteiger partial charge is 0.191 e. The largest absolute Gasteiger partial charge is 0.356 e. The lowest BCUT2D eigenvalue weighted by Crippen LogP contribution is -2.45. The Bertz CT molecular complexity index is 811. The monoisotopic (exact) mass is 384 g/mol. The van der Waals surface area contributed by atoms with E-state index in [4.69, 9.17) is 0 Å². The zero-order chi connectivity index (χ0) is 19.5. The molecule has 0 radical (unpaired) electrons. The third kappa shape index (κ3) is 4.52. The molecule has 0 amide bonds. The number of rotatable bonds is 6. The maximum Gasteiger partial charge on any atom is 0.191 e. The van der Waals surface area contributed by atoms with Crippen LogP contribution in [0.2, 0.25) is 0 Å². The number of nitrogens with zero attached hydrogens (tertiary/aromatic N) is 4. The van der Waals surface area contributed by atoms with Gasteiger partial charge in [0.15, 0.2) is 5.96 Å². The fraction of sp³-hybridized carbons (Fsp3) is 0.524. The van der Waals surface area contributed by atoms with E-state index in [1.54, 1.807) is 16.8 Å². The highest BCUT2D eigenvalue weighted by Crippen LogP contribution is 2.33. The Hall–Kier alpha value is -2.41. The number of nitrogens with one attached hydrogen (secondary N) is 2. The van der Waals surface area contributed by atoms with Gasteiger partial charge >= 0.3 is 0 Å². The minimum absolute atomic E-state index is 0.240. The lowest BCUT2D eigenvalue weighted by Gasteiger charge is -2.20. The highest BCUT2D eigenvalue weighted by atomic mass is 19.1. The average Bonchev–Trinajstić information content (AvgIpc) is 3.31. The molecular weight excluding hydrogens is 355 g/mol. The number of benzene rings is 1. The van der Waals surface area contributed by atoms with Crippen molar-refractivity contribution >= 4 is 5.96 Å². The van der Waals surface area contributed by atoms with Gasteiger partial charge in [-0.25, -0.2) is 9.07 Å². The van der Waals surface area contributed by atoms with E-state index in [-0.39, 0.29) is 5.82 Å². The van der Waals surface area contributed by atoms with Crippen LogP contribution in [0.25, 0.3) is 5.69 Å². The number of hydrogen-bond donors (Lipinski definition) is 2. The number of hydrogen-bond acceptors (Lipinski definition) is 3. The molecule has 1 aromatic heterocycles. The number of aliphatic imine (C=N–C) groups is 1. The molecule has 2 aromatic rings. The Labute approximate surface area is 165 Å². The van der Waals surface area contributed by atoms with E-state index in [1.807, 2.05) is 19.3 Å². The van der Waals surface area contributed by atoms with Gasteiger partial charge in [0.25, 0.3) is 0 Å². The predicted octanol–water partition coefficient (Wildman–Crippen LogP) is 2.34. The van der Waals surface area contributed by atoms with Crippen molar-refractivity contribution in [2.75, 3.05) is 20.1 Å². The summed E-state index contributed by atoms with van der Waals surface area (Å²) < 4.78 is 14.8. The second kappa shape index (κ2) is 8.31. The number of halogens is 1. The van der Waals surface area contributed by atoms with Crippen LogP contribution in [-0.2, 0) is 6.42 Å². The lowest BCUT2D eigenvalue weighted by molar-refractivity contribution is 0.256. The highest BCUT2D eigenvalue weighted by molar-refractivity contribution is 5.80. The van der Waals surface area contributed by atoms with Crippen molar-refractivity contribution in [1.82, 2.24) is 25.3 Å². The first kappa shape index (κ1) is 18.9. The quantitative estimate of drug-likeness (QED) is 0.593. The first-order valence-electron chi connectivity index (χ1n) is 10.2.